The molecule has 0 saturated carbocycles. The lowest BCUT2D eigenvalue weighted by molar-refractivity contribution is 0.542. The van der Waals surface area contributed by atoms with E-state index in [0.29, 0.717) is 4.67 Å². The average molecular weight is 291 g/mol. The lowest BCUT2D eigenvalue weighted by atomic mass is 10.1. The number of aryl methyl sites for hydroxylation is 2. The number of imidazole rings is 1. The Labute approximate surface area is 107 Å². The van der Waals surface area contributed by atoms with Crippen LogP contribution in [0.25, 0.3) is 22.4 Å². The molecule has 0 aliphatic carbocycles. The predicted octanol–water partition coefficient (Wildman–Crippen LogP) is 4.20. The first-order valence-electron chi connectivity index (χ1n) is 5.35. The van der Waals surface area contributed by atoms with Crippen molar-refractivity contribution < 1.29 is 4.42 Å². The van der Waals surface area contributed by atoms with E-state index in [1.54, 1.807) is 6.26 Å². The van der Waals surface area contributed by atoms with Gasteiger partial charge in [0.05, 0.1) is 22.9 Å². The summed E-state index contributed by atoms with van der Waals surface area (Å²) in [5.74, 6) is 0.825. The van der Waals surface area contributed by atoms with Crippen LogP contribution in [0.15, 0.2) is 33.5 Å². The number of aromatic amines is 1. The highest BCUT2D eigenvalue weighted by Crippen LogP contribution is 2.29. The molecule has 0 fully saturated rings. The van der Waals surface area contributed by atoms with E-state index in [1.807, 2.05) is 6.07 Å². The Kier molecular flexibility index (Phi) is 2.33. The number of fused-ring (bicyclic) bond motifs is 1. The van der Waals surface area contributed by atoms with Crippen LogP contribution in [0.5, 0.6) is 0 Å². The summed E-state index contributed by atoms with van der Waals surface area (Å²) in [4.78, 5) is 7.88. The molecule has 2 heterocycles. The molecule has 1 aromatic carbocycles. The van der Waals surface area contributed by atoms with Gasteiger partial charge in [0, 0.05) is 0 Å². The molecule has 17 heavy (non-hydrogen) atoms. The van der Waals surface area contributed by atoms with Gasteiger partial charge in [-0.1, -0.05) is 0 Å². The van der Waals surface area contributed by atoms with E-state index in [0.717, 1.165) is 22.4 Å². The van der Waals surface area contributed by atoms with Crippen molar-refractivity contribution >= 4 is 27.0 Å². The Morgan fingerprint density at radius 1 is 1.24 bits per heavy atom. The van der Waals surface area contributed by atoms with Gasteiger partial charge in [-0.3, -0.25) is 0 Å². The molecule has 86 valence electrons. The summed E-state index contributed by atoms with van der Waals surface area (Å²) in [5.41, 5.74) is 5.49. The molecule has 0 spiro atoms. The highest BCUT2D eigenvalue weighted by molar-refractivity contribution is 9.10. The van der Waals surface area contributed by atoms with Crippen LogP contribution in [-0.2, 0) is 0 Å². The molecule has 0 unspecified atom stereocenters. The summed E-state index contributed by atoms with van der Waals surface area (Å²) in [7, 11) is 0. The number of hydrogen-bond acceptors (Lipinski definition) is 2. The number of aromatic nitrogens is 2. The SMILES string of the molecule is Cc1cc2nc(-c3ccoc3Br)[nH]c2cc1C. The Balaban J connectivity index is 2.24. The lowest BCUT2D eigenvalue weighted by Gasteiger charge is -1.97. The molecule has 0 radical (unpaired) electrons. The van der Waals surface area contributed by atoms with Crippen LogP contribution in [0, 0.1) is 13.8 Å². The van der Waals surface area contributed by atoms with Crippen molar-refractivity contribution in [2.45, 2.75) is 13.8 Å². The van der Waals surface area contributed by atoms with E-state index >= 15 is 0 Å². The number of nitrogens with one attached hydrogen (secondary N) is 1. The molecular weight excluding hydrogens is 280 g/mol. The van der Waals surface area contributed by atoms with Crippen molar-refractivity contribution in [3.05, 3.63) is 40.3 Å². The third-order valence-corrected chi connectivity index (χ3v) is 3.58. The van der Waals surface area contributed by atoms with Gasteiger partial charge in [0.25, 0.3) is 0 Å². The summed E-state index contributed by atoms with van der Waals surface area (Å²) in [6.07, 6.45) is 1.64. The van der Waals surface area contributed by atoms with Crippen molar-refractivity contribution in [2.24, 2.45) is 0 Å². The van der Waals surface area contributed by atoms with Crippen molar-refractivity contribution in [3.63, 3.8) is 0 Å². The number of benzene rings is 1. The Morgan fingerprint density at radius 3 is 2.71 bits per heavy atom. The molecule has 3 aromatic rings. The van der Waals surface area contributed by atoms with Gasteiger partial charge in [0.1, 0.15) is 5.82 Å². The first-order chi connectivity index (χ1) is 8.15. The quantitative estimate of drug-likeness (QED) is 0.730. The molecule has 0 saturated heterocycles. The zero-order valence-corrected chi connectivity index (χ0v) is 11.1. The normalized spacial score (nSPS) is 11.2. The fourth-order valence-corrected chi connectivity index (χ4v) is 2.29. The minimum absolute atomic E-state index is 0.699. The summed E-state index contributed by atoms with van der Waals surface area (Å²) in [5, 5.41) is 0. The maximum Gasteiger partial charge on any atom is 0.179 e. The minimum Gasteiger partial charge on any atom is -0.457 e. The summed E-state index contributed by atoms with van der Waals surface area (Å²) in [6, 6.07) is 6.11. The third-order valence-electron chi connectivity index (χ3n) is 2.97. The molecule has 2 aromatic heterocycles. The van der Waals surface area contributed by atoms with Crippen molar-refractivity contribution in [2.75, 3.05) is 0 Å². The molecule has 4 heteroatoms. The van der Waals surface area contributed by atoms with E-state index in [2.05, 4.69) is 51.9 Å². The number of rotatable bonds is 1. The Bertz CT molecular complexity index is 658. The smallest absolute Gasteiger partial charge is 0.179 e. The van der Waals surface area contributed by atoms with Gasteiger partial charge in [0.15, 0.2) is 4.67 Å². The lowest BCUT2D eigenvalue weighted by Crippen LogP contribution is -1.79. The van der Waals surface area contributed by atoms with Crippen molar-refractivity contribution in [1.29, 1.82) is 0 Å². The number of furan rings is 1. The molecular formula is C13H11BrN2O. The second-order valence-corrected chi connectivity index (χ2v) is 4.87. The molecule has 0 aliphatic rings. The average Bonchev–Trinajstić information content (AvgIpc) is 2.85. The first kappa shape index (κ1) is 10.6. The zero-order chi connectivity index (χ0) is 12.0. The topological polar surface area (TPSA) is 41.8 Å². The third kappa shape index (κ3) is 1.69. The summed E-state index contributed by atoms with van der Waals surface area (Å²) < 4.78 is 5.92. The van der Waals surface area contributed by atoms with Crippen LogP contribution < -0.4 is 0 Å². The minimum atomic E-state index is 0.699. The van der Waals surface area contributed by atoms with Gasteiger partial charge in [-0.05, 0) is 59.1 Å². The highest BCUT2D eigenvalue weighted by atomic mass is 79.9. The maximum absolute atomic E-state index is 5.22. The molecule has 3 rings (SSSR count). The second-order valence-electron chi connectivity index (χ2n) is 4.15. The highest BCUT2D eigenvalue weighted by Gasteiger charge is 2.11. The number of hydrogen-bond donors (Lipinski definition) is 1. The van der Waals surface area contributed by atoms with E-state index < -0.39 is 0 Å². The Morgan fingerprint density at radius 2 is 2.00 bits per heavy atom. The fraction of sp³-hybridized carbons (Fsp3) is 0.154. The van der Waals surface area contributed by atoms with E-state index in [4.69, 9.17) is 4.42 Å². The molecule has 0 bridgehead atoms. The number of halogens is 1. The van der Waals surface area contributed by atoms with Gasteiger partial charge in [-0.25, -0.2) is 4.98 Å². The molecule has 0 aliphatic heterocycles. The largest absolute Gasteiger partial charge is 0.457 e. The maximum atomic E-state index is 5.22. The Hall–Kier alpha value is -1.55. The van der Waals surface area contributed by atoms with Crippen molar-refractivity contribution in [3.8, 4) is 11.4 Å². The molecule has 1 N–H and O–H groups in total. The first-order valence-corrected chi connectivity index (χ1v) is 6.15. The predicted molar refractivity (Wildman–Crippen MR) is 71.0 cm³/mol. The van der Waals surface area contributed by atoms with E-state index in [9.17, 15) is 0 Å². The monoisotopic (exact) mass is 290 g/mol. The van der Waals surface area contributed by atoms with Gasteiger partial charge in [-0.2, -0.15) is 0 Å². The zero-order valence-electron chi connectivity index (χ0n) is 9.54. The van der Waals surface area contributed by atoms with Gasteiger partial charge in [-0.15, -0.1) is 0 Å². The fourth-order valence-electron chi connectivity index (χ4n) is 1.86. The number of H-pyrrole nitrogens is 1. The number of nitrogens with zero attached hydrogens (tertiary/aromatic N) is 1. The summed E-state index contributed by atoms with van der Waals surface area (Å²) in [6.45, 7) is 4.19. The van der Waals surface area contributed by atoms with Crippen molar-refractivity contribution in [1.82, 2.24) is 9.97 Å². The van der Waals surface area contributed by atoms with Crippen LogP contribution in [0.4, 0.5) is 0 Å². The van der Waals surface area contributed by atoms with Crippen LogP contribution in [0.3, 0.4) is 0 Å². The van der Waals surface area contributed by atoms with E-state index in [-0.39, 0.29) is 0 Å². The van der Waals surface area contributed by atoms with Crippen LogP contribution >= 0.6 is 15.9 Å². The second kappa shape index (κ2) is 3.74. The van der Waals surface area contributed by atoms with Gasteiger partial charge in [0.2, 0.25) is 0 Å². The molecule has 3 nitrogen and oxygen atoms in total. The van der Waals surface area contributed by atoms with Gasteiger partial charge < -0.3 is 9.40 Å². The summed E-state index contributed by atoms with van der Waals surface area (Å²) >= 11 is 3.36. The van der Waals surface area contributed by atoms with Gasteiger partial charge >= 0.3 is 0 Å². The van der Waals surface area contributed by atoms with Crippen LogP contribution in [-0.4, -0.2) is 9.97 Å². The standard InChI is InChI=1S/C13H11BrN2O/c1-7-5-10-11(6-8(7)2)16-13(15-10)9-3-4-17-12(9)14/h3-6H,1-2H3,(H,15,16). The van der Waals surface area contributed by atoms with Crippen LogP contribution in [0.2, 0.25) is 0 Å². The molecule has 0 amide bonds. The van der Waals surface area contributed by atoms with Crippen LogP contribution in [0.1, 0.15) is 11.1 Å². The molecule has 0 atom stereocenters. The van der Waals surface area contributed by atoms with E-state index in [1.165, 1.54) is 11.1 Å².